The van der Waals surface area contributed by atoms with E-state index in [1.807, 2.05) is 18.2 Å². The Balaban J connectivity index is 1.88. The fourth-order valence-electron chi connectivity index (χ4n) is 2.87. The van der Waals surface area contributed by atoms with E-state index < -0.39 is 0 Å². The summed E-state index contributed by atoms with van der Waals surface area (Å²) in [6, 6.07) is 12.8. The topological polar surface area (TPSA) is 53.3 Å². The van der Waals surface area contributed by atoms with Crippen molar-refractivity contribution in [2.75, 3.05) is 26.7 Å². The van der Waals surface area contributed by atoms with E-state index in [0.29, 0.717) is 6.42 Å². The van der Waals surface area contributed by atoms with Gasteiger partial charge in [0.15, 0.2) is 0 Å². The predicted molar refractivity (Wildman–Crippen MR) is 80.5 cm³/mol. The van der Waals surface area contributed by atoms with Crippen molar-refractivity contribution in [3.63, 3.8) is 0 Å². The molecular formula is C17H22N2O2. The lowest BCUT2D eigenvalue weighted by Crippen LogP contribution is -2.41. The van der Waals surface area contributed by atoms with Crippen LogP contribution in [-0.2, 0) is 16.0 Å². The summed E-state index contributed by atoms with van der Waals surface area (Å²) < 4.78 is 4.66. The SMILES string of the molecule is COC(=O)CCN1CCC(C#N)(Cc2ccccc2)CC1. The van der Waals surface area contributed by atoms with E-state index in [2.05, 4.69) is 27.8 Å². The average molecular weight is 286 g/mol. The summed E-state index contributed by atoms with van der Waals surface area (Å²) in [5.41, 5.74) is 0.963. The van der Waals surface area contributed by atoms with Crippen LogP contribution in [0.15, 0.2) is 30.3 Å². The Labute approximate surface area is 126 Å². The zero-order chi connectivity index (χ0) is 15.1. The van der Waals surface area contributed by atoms with Gasteiger partial charge in [-0.2, -0.15) is 5.26 Å². The van der Waals surface area contributed by atoms with Crippen LogP contribution < -0.4 is 0 Å². The molecule has 21 heavy (non-hydrogen) atoms. The highest BCUT2D eigenvalue weighted by Gasteiger charge is 2.34. The van der Waals surface area contributed by atoms with Crippen molar-refractivity contribution in [3.8, 4) is 6.07 Å². The Bertz CT molecular complexity index is 499. The van der Waals surface area contributed by atoms with Crippen molar-refractivity contribution < 1.29 is 9.53 Å². The molecule has 0 radical (unpaired) electrons. The maximum atomic E-state index is 11.2. The van der Waals surface area contributed by atoms with E-state index >= 15 is 0 Å². The van der Waals surface area contributed by atoms with E-state index in [-0.39, 0.29) is 11.4 Å². The largest absolute Gasteiger partial charge is 0.469 e. The highest BCUT2D eigenvalue weighted by atomic mass is 16.5. The molecular weight excluding hydrogens is 264 g/mol. The van der Waals surface area contributed by atoms with E-state index in [0.717, 1.165) is 38.9 Å². The number of carbonyl (C=O) groups is 1. The molecule has 0 amide bonds. The van der Waals surface area contributed by atoms with Crippen LogP contribution in [0.5, 0.6) is 0 Å². The molecule has 0 bridgehead atoms. The summed E-state index contributed by atoms with van der Waals surface area (Å²) >= 11 is 0. The van der Waals surface area contributed by atoms with E-state index in [1.54, 1.807) is 0 Å². The number of piperidine rings is 1. The Morgan fingerprint density at radius 1 is 1.33 bits per heavy atom. The number of likely N-dealkylation sites (tertiary alicyclic amines) is 1. The molecule has 1 saturated heterocycles. The number of esters is 1. The van der Waals surface area contributed by atoms with Gasteiger partial charge in [0.1, 0.15) is 0 Å². The lowest BCUT2D eigenvalue weighted by molar-refractivity contribution is -0.141. The van der Waals surface area contributed by atoms with E-state index in [4.69, 9.17) is 0 Å². The number of carbonyl (C=O) groups excluding carboxylic acids is 1. The van der Waals surface area contributed by atoms with Gasteiger partial charge in [0, 0.05) is 6.54 Å². The molecule has 1 heterocycles. The van der Waals surface area contributed by atoms with Gasteiger partial charge in [-0.15, -0.1) is 0 Å². The van der Waals surface area contributed by atoms with Gasteiger partial charge >= 0.3 is 5.97 Å². The van der Waals surface area contributed by atoms with Crippen LogP contribution in [0.1, 0.15) is 24.8 Å². The molecule has 4 nitrogen and oxygen atoms in total. The van der Waals surface area contributed by atoms with Gasteiger partial charge < -0.3 is 9.64 Å². The summed E-state index contributed by atoms with van der Waals surface area (Å²) in [6.45, 7) is 2.47. The minimum absolute atomic E-state index is 0.170. The number of nitrogens with zero attached hydrogens (tertiary/aromatic N) is 2. The smallest absolute Gasteiger partial charge is 0.306 e. The molecule has 1 aromatic carbocycles. The molecule has 0 atom stereocenters. The number of methoxy groups -OCH3 is 1. The minimum Gasteiger partial charge on any atom is -0.469 e. The minimum atomic E-state index is -0.261. The molecule has 1 fully saturated rings. The zero-order valence-corrected chi connectivity index (χ0v) is 12.5. The number of nitriles is 1. The normalized spacial score (nSPS) is 17.9. The molecule has 0 saturated carbocycles. The zero-order valence-electron chi connectivity index (χ0n) is 12.5. The second-order valence-corrected chi connectivity index (χ2v) is 5.72. The number of benzene rings is 1. The lowest BCUT2D eigenvalue weighted by atomic mass is 9.75. The molecule has 0 spiro atoms. The molecule has 0 N–H and O–H groups in total. The van der Waals surface area contributed by atoms with Gasteiger partial charge in [-0.25, -0.2) is 0 Å². The Hall–Kier alpha value is -1.86. The first-order valence-corrected chi connectivity index (χ1v) is 7.42. The van der Waals surface area contributed by atoms with Gasteiger partial charge in [-0.3, -0.25) is 4.79 Å². The van der Waals surface area contributed by atoms with Crippen LogP contribution in [-0.4, -0.2) is 37.6 Å². The van der Waals surface area contributed by atoms with Crippen LogP contribution in [0.3, 0.4) is 0 Å². The fraction of sp³-hybridized carbons (Fsp3) is 0.529. The van der Waals surface area contributed by atoms with Gasteiger partial charge in [0.25, 0.3) is 0 Å². The molecule has 112 valence electrons. The summed E-state index contributed by atoms with van der Waals surface area (Å²) in [5.74, 6) is -0.170. The summed E-state index contributed by atoms with van der Waals surface area (Å²) in [5, 5.41) is 9.60. The fourth-order valence-corrected chi connectivity index (χ4v) is 2.87. The Morgan fingerprint density at radius 3 is 2.57 bits per heavy atom. The van der Waals surface area contributed by atoms with Crippen LogP contribution in [0.2, 0.25) is 0 Å². The molecule has 0 unspecified atom stereocenters. The van der Waals surface area contributed by atoms with E-state index in [9.17, 15) is 10.1 Å². The Morgan fingerprint density at radius 2 is 2.00 bits per heavy atom. The van der Waals surface area contributed by atoms with Crippen molar-refractivity contribution in [2.45, 2.75) is 25.7 Å². The third-order valence-corrected chi connectivity index (χ3v) is 4.30. The van der Waals surface area contributed by atoms with Crippen LogP contribution >= 0.6 is 0 Å². The van der Waals surface area contributed by atoms with Gasteiger partial charge in [0.05, 0.1) is 25.0 Å². The monoisotopic (exact) mass is 286 g/mol. The van der Waals surface area contributed by atoms with Crippen LogP contribution in [0.4, 0.5) is 0 Å². The average Bonchev–Trinajstić information content (AvgIpc) is 2.55. The molecule has 1 aliphatic heterocycles. The number of hydrogen-bond donors (Lipinski definition) is 0. The van der Waals surface area contributed by atoms with E-state index in [1.165, 1.54) is 12.7 Å². The predicted octanol–water partition coefficient (Wildman–Crippen LogP) is 2.40. The number of rotatable bonds is 5. The lowest BCUT2D eigenvalue weighted by Gasteiger charge is -2.37. The molecule has 2 rings (SSSR count). The molecule has 1 aliphatic rings. The molecule has 0 aromatic heterocycles. The molecule has 1 aromatic rings. The second-order valence-electron chi connectivity index (χ2n) is 5.72. The van der Waals surface area contributed by atoms with Crippen LogP contribution in [0, 0.1) is 16.7 Å². The van der Waals surface area contributed by atoms with Crippen molar-refractivity contribution in [1.82, 2.24) is 4.90 Å². The van der Waals surface area contributed by atoms with Crippen molar-refractivity contribution in [1.29, 1.82) is 5.26 Å². The van der Waals surface area contributed by atoms with Gasteiger partial charge in [-0.1, -0.05) is 30.3 Å². The maximum absolute atomic E-state index is 11.2. The first-order valence-electron chi connectivity index (χ1n) is 7.42. The summed E-state index contributed by atoms with van der Waals surface area (Å²) in [7, 11) is 1.42. The Kier molecular flexibility index (Phi) is 5.35. The highest BCUT2D eigenvalue weighted by Crippen LogP contribution is 2.34. The third kappa shape index (κ3) is 4.30. The van der Waals surface area contributed by atoms with Crippen molar-refractivity contribution >= 4 is 5.97 Å². The number of ether oxygens (including phenoxy) is 1. The van der Waals surface area contributed by atoms with Gasteiger partial charge in [-0.05, 0) is 37.9 Å². The number of hydrogen-bond acceptors (Lipinski definition) is 4. The quantitative estimate of drug-likeness (QED) is 0.780. The first kappa shape index (κ1) is 15.5. The highest BCUT2D eigenvalue weighted by molar-refractivity contribution is 5.69. The molecule has 0 aliphatic carbocycles. The molecule has 4 heteroatoms. The second kappa shape index (κ2) is 7.24. The first-order chi connectivity index (χ1) is 10.2. The van der Waals surface area contributed by atoms with Crippen molar-refractivity contribution in [2.24, 2.45) is 5.41 Å². The van der Waals surface area contributed by atoms with Gasteiger partial charge in [0.2, 0.25) is 0 Å². The maximum Gasteiger partial charge on any atom is 0.306 e. The standard InChI is InChI=1S/C17H22N2O2/c1-21-16(20)7-10-19-11-8-17(14-18,9-12-19)13-15-5-3-2-4-6-15/h2-6H,7-13H2,1H3. The van der Waals surface area contributed by atoms with Crippen molar-refractivity contribution in [3.05, 3.63) is 35.9 Å². The third-order valence-electron chi connectivity index (χ3n) is 4.30. The summed E-state index contributed by atoms with van der Waals surface area (Å²) in [4.78, 5) is 13.4. The summed E-state index contributed by atoms with van der Waals surface area (Å²) in [6.07, 6.45) is 2.96. The van der Waals surface area contributed by atoms with Crippen LogP contribution in [0.25, 0.3) is 0 Å².